The number of para-hydroxylation sites is 1. The van der Waals surface area contributed by atoms with E-state index in [4.69, 9.17) is 4.74 Å². The van der Waals surface area contributed by atoms with Crippen LogP contribution in [0.15, 0.2) is 47.4 Å². The summed E-state index contributed by atoms with van der Waals surface area (Å²) in [4.78, 5) is 10.2. The zero-order chi connectivity index (χ0) is 18.7. The molecule has 8 heteroatoms. The highest BCUT2D eigenvalue weighted by molar-refractivity contribution is 7.90. The Kier molecular flexibility index (Phi) is 5.13. The van der Waals surface area contributed by atoms with Gasteiger partial charge in [-0.25, -0.2) is 8.42 Å². The van der Waals surface area contributed by atoms with Crippen LogP contribution in [0.3, 0.4) is 0 Å². The molecule has 1 fully saturated rings. The van der Waals surface area contributed by atoms with Gasteiger partial charge in [-0.15, -0.1) is 0 Å². The maximum Gasteiger partial charge on any atom is 0.270 e. The highest BCUT2D eigenvalue weighted by Crippen LogP contribution is 2.30. The second kappa shape index (κ2) is 7.33. The van der Waals surface area contributed by atoms with Crippen LogP contribution in [0.1, 0.15) is 24.8 Å². The molecular weight excluding hydrogens is 356 g/mol. The lowest BCUT2D eigenvalue weighted by Gasteiger charge is -2.27. The van der Waals surface area contributed by atoms with E-state index in [1.807, 2.05) is 24.3 Å². The predicted octanol–water partition coefficient (Wildman–Crippen LogP) is 3.54. The van der Waals surface area contributed by atoms with E-state index in [1.54, 1.807) is 0 Å². The Labute approximate surface area is 152 Å². The van der Waals surface area contributed by atoms with E-state index in [0.29, 0.717) is 12.2 Å². The quantitative estimate of drug-likeness (QED) is 0.586. The molecule has 1 N–H and O–H groups in total. The van der Waals surface area contributed by atoms with Crippen LogP contribution in [0.2, 0.25) is 0 Å². The molecule has 1 aliphatic carbocycles. The van der Waals surface area contributed by atoms with Crippen molar-refractivity contribution in [1.29, 1.82) is 0 Å². The number of nitrogens with zero attached hydrogens (tertiary/aromatic N) is 1. The Morgan fingerprint density at radius 2 is 1.96 bits per heavy atom. The normalized spacial score (nSPS) is 14.5. The number of nitro benzene ring substituents is 1. The molecule has 2 aromatic rings. The maximum atomic E-state index is 12.0. The molecule has 0 radical (unpaired) electrons. The van der Waals surface area contributed by atoms with Gasteiger partial charge in [0.25, 0.3) is 5.69 Å². The SMILES string of the molecule is CS(=O)(=O)c1cc([N+](=O)[O-])ccc1NCc1ccccc1OC1CCC1. The monoisotopic (exact) mass is 376 g/mol. The maximum absolute atomic E-state index is 12.0. The van der Waals surface area contributed by atoms with Gasteiger partial charge in [0.15, 0.2) is 9.84 Å². The van der Waals surface area contributed by atoms with Gasteiger partial charge in [-0.05, 0) is 31.4 Å². The summed E-state index contributed by atoms with van der Waals surface area (Å²) in [6.45, 7) is 0.350. The highest BCUT2D eigenvalue weighted by Gasteiger charge is 2.21. The van der Waals surface area contributed by atoms with E-state index in [0.717, 1.165) is 36.5 Å². The van der Waals surface area contributed by atoms with Gasteiger partial charge in [0.05, 0.1) is 21.6 Å². The van der Waals surface area contributed by atoms with Crippen LogP contribution >= 0.6 is 0 Å². The van der Waals surface area contributed by atoms with Crippen molar-refractivity contribution in [2.45, 2.75) is 36.8 Å². The first kappa shape index (κ1) is 18.2. The largest absolute Gasteiger partial charge is 0.490 e. The molecule has 0 aliphatic heterocycles. The Balaban J connectivity index is 1.83. The molecule has 0 atom stereocenters. The fraction of sp³-hybridized carbons (Fsp3) is 0.333. The number of anilines is 1. The predicted molar refractivity (Wildman–Crippen MR) is 98.2 cm³/mol. The number of non-ortho nitro benzene ring substituents is 1. The van der Waals surface area contributed by atoms with Crippen LogP contribution in [0, 0.1) is 10.1 Å². The number of nitrogens with one attached hydrogen (secondary N) is 1. The Morgan fingerprint density at radius 3 is 2.58 bits per heavy atom. The van der Waals surface area contributed by atoms with E-state index in [-0.39, 0.29) is 16.7 Å². The fourth-order valence-corrected chi connectivity index (χ4v) is 3.58. The van der Waals surface area contributed by atoms with E-state index in [2.05, 4.69) is 5.32 Å². The molecule has 1 saturated carbocycles. The van der Waals surface area contributed by atoms with Gasteiger partial charge in [-0.2, -0.15) is 0 Å². The molecular formula is C18H20N2O5S. The first-order chi connectivity index (χ1) is 12.3. The topological polar surface area (TPSA) is 98.5 Å². The average molecular weight is 376 g/mol. The third kappa shape index (κ3) is 4.13. The fourth-order valence-electron chi connectivity index (χ4n) is 2.70. The van der Waals surface area contributed by atoms with Crippen molar-refractivity contribution in [1.82, 2.24) is 0 Å². The smallest absolute Gasteiger partial charge is 0.270 e. The van der Waals surface area contributed by atoms with Crippen molar-refractivity contribution >= 4 is 21.2 Å². The third-order valence-corrected chi connectivity index (χ3v) is 5.50. The van der Waals surface area contributed by atoms with Gasteiger partial charge in [-0.1, -0.05) is 18.2 Å². The van der Waals surface area contributed by atoms with Crippen molar-refractivity contribution in [3.63, 3.8) is 0 Å². The second-order valence-corrected chi connectivity index (χ2v) is 8.33. The summed E-state index contributed by atoms with van der Waals surface area (Å²) in [5.41, 5.74) is 0.971. The number of benzene rings is 2. The van der Waals surface area contributed by atoms with Crippen molar-refractivity contribution in [3.8, 4) is 5.75 Å². The lowest BCUT2D eigenvalue weighted by atomic mass is 9.96. The molecule has 26 heavy (non-hydrogen) atoms. The summed E-state index contributed by atoms with van der Waals surface area (Å²) in [6.07, 6.45) is 4.53. The molecule has 1 aliphatic rings. The minimum Gasteiger partial charge on any atom is -0.490 e. The van der Waals surface area contributed by atoms with Gasteiger partial charge in [0.2, 0.25) is 0 Å². The summed E-state index contributed by atoms with van der Waals surface area (Å²) in [6, 6.07) is 11.4. The van der Waals surface area contributed by atoms with Crippen LogP contribution in [0.5, 0.6) is 5.75 Å². The molecule has 0 bridgehead atoms. The Morgan fingerprint density at radius 1 is 1.23 bits per heavy atom. The average Bonchev–Trinajstić information content (AvgIpc) is 2.56. The molecule has 0 spiro atoms. The van der Waals surface area contributed by atoms with Gasteiger partial charge < -0.3 is 10.1 Å². The minimum absolute atomic E-state index is 0.0934. The molecule has 3 rings (SSSR count). The van der Waals surface area contributed by atoms with Crippen molar-refractivity contribution in [2.24, 2.45) is 0 Å². The van der Waals surface area contributed by atoms with Gasteiger partial charge >= 0.3 is 0 Å². The summed E-state index contributed by atoms with van der Waals surface area (Å²) in [7, 11) is -3.62. The Hall–Kier alpha value is -2.61. The van der Waals surface area contributed by atoms with Crippen molar-refractivity contribution in [3.05, 3.63) is 58.1 Å². The highest BCUT2D eigenvalue weighted by atomic mass is 32.2. The van der Waals surface area contributed by atoms with E-state index in [9.17, 15) is 18.5 Å². The number of hydrogen-bond donors (Lipinski definition) is 1. The second-order valence-electron chi connectivity index (χ2n) is 6.34. The molecule has 7 nitrogen and oxygen atoms in total. The zero-order valence-electron chi connectivity index (χ0n) is 14.3. The molecule has 0 saturated heterocycles. The van der Waals surface area contributed by atoms with Crippen molar-refractivity contribution in [2.75, 3.05) is 11.6 Å². The van der Waals surface area contributed by atoms with E-state index in [1.165, 1.54) is 18.6 Å². The van der Waals surface area contributed by atoms with Crippen LogP contribution in [0.4, 0.5) is 11.4 Å². The van der Waals surface area contributed by atoms with Gasteiger partial charge in [0, 0.05) is 30.5 Å². The van der Waals surface area contributed by atoms with Gasteiger partial charge in [0.1, 0.15) is 5.75 Å². The molecule has 0 unspecified atom stereocenters. The molecule has 0 aromatic heterocycles. The molecule has 2 aromatic carbocycles. The van der Waals surface area contributed by atoms with E-state index >= 15 is 0 Å². The van der Waals surface area contributed by atoms with Crippen LogP contribution < -0.4 is 10.1 Å². The summed E-state index contributed by atoms with van der Waals surface area (Å²) < 4.78 is 30.0. The van der Waals surface area contributed by atoms with Gasteiger partial charge in [-0.3, -0.25) is 10.1 Å². The summed E-state index contributed by atoms with van der Waals surface area (Å²) >= 11 is 0. The van der Waals surface area contributed by atoms with Crippen LogP contribution in [0.25, 0.3) is 0 Å². The first-order valence-electron chi connectivity index (χ1n) is 8.31. The number of hydrogen-bond acceptors (Lipinski definition) is 6. The number of rotatable bonds is 7. The summed E-state index contributed by atoms with van der Waals surface area (Å²) in [5, 5.41) is 14.0. The van der Waals surface area contributed by atoms with Crippen molar-refractivity contribution < 1.29 is 18.1 Å². The Bertz CT molecular complexity index is 923. The number of sulfone groups is 1. The van der Waals surface area contributed by atoms with Crippen LogP contribution in [-0.4, -0.2) is 25.7 Å². The number of ether oxygens (including phenoxy) is 1. The molecule has 0 heterocycles. The lowest BCUT2D eigenvalue weighted by Crippen LogP contribution is -2.25. The lowest BCUT2D eigenvalue weighted by molar-refractivity contribution is -0.385. The molecule has 0 amide bonds. The third-order valence-electron chi connectivity index (χ3n) is 4.36. The number of nitro groups is 1. The van der Waals surface area contributed by atoms with Crippen LogP contribution in [-0.2, 0) is 16.4 Å². The molecule has 138 valence electrons. The van der Waals surface area contributed by atoms with E-state index < -0.39 is 14.8 Å². The first-order valence-corrected chi connectivity index (χ1v) is 10.2. The standard InChI is InChI=1S/C18H20N2O5S/c1-26(23,24)18-11-14(20(21)22)9-10-16(18)19-12-13-5-2-3-8-17(13)25-15-6-4-7-15/h2-3,5,8-11,15,19H,4,6-7,12H2,1H3. The minimum atomic E-state index is -3.62. The summed E-state index contributed by atoms with van der Waals surface area (Å²) in [5.74, 6) is 0.771. The zero-order valence-corrected chi connectivity index (χ0v) is 15.2.